The number of primary amides is 1. The van der Waals surface area contributed by atoms with Gasteiger partial charge in [-0.3, -0.25) is 9.59 Å². The van der Waals surface area contributed by atoms with E-state index in [0.29, 0.717) is 22.1 Å². The minimum Gasteiger partial charge on any atom is -0.493 e. The van der Waals surface area contributed by atoms with Crippen molar-refractivity contribution in [3.63, 3.8) is 0 Å². The summed E-state index contributed by atoms with van der Waals surface area (Å²) < 4.78 is 10.4. The van der Waals surface area contributed by atoms with E-state index < -0.39 is 5.91 Å². The van der Waals surface area contributed by atoms with Gasteiger partial charge in [0, 0.05) is 6.08 Å². The molecule has 0 aliphatic carbocycles. The van der Waals surface area contributed by atoms with E-state index in [4.69, 9.17) is 15.2 Å². The van der Waals surface area contributed by atoms with Gasteiger partial charge in [0.2, 0.25) is 5.91 Å². The molecule has 2 rings (SSSR count). The Hall–Kier alpha value is -2.80. The number of amides is 2. The highest BCUT2D eigenvalue weighted by Crippen LogP contribution is 2.29. The topological polar surface area (TPSA) is 90.6 Å². The Bertz CT molecular complexity index is 796. The molecular weight excluding hydrogens is 328 g/mol. The zero-order valence-electron chi connectivity index (χ0n) is 13.6. The minimum atomic E-state index is -0.562. The van der Waals surface area contributed by atoms with E-state index in [1.165, 1.54) is 17.4 Å². The lowest BCUT2D eigenvalue weighted by Crippen LogP contribution is -2.16. The molecule has 1 heterocycles. The lowest BCUT2D eigenvalue weighted by molar-refractivity contribution is -0.111. The molecule has 3 N–H and O–H groups in total. The average Bonchev–Trinajstić information content (AvgIpc) is 2.93. The van der Waals surface area contributed by atoms with E-state index in [1.807, 2.05) is 0 Å². The lowest BCUT2D eigenvalue weighted by atomic mass is 10.2. The molecule has 0 aliphatic rings. The lowest BCUT2D eigenvalue weighted by Gasteiger charge is -2.07. The summed E-state index contributed by atoms with van der Waals surface area (Å²) in [5.74, 6) is 0.270. The number of methoxy groups -OCH3 is 2. The number of hydrogen-bond donors (Lipinski definition) is 2. The van der Waals surface area contributed by atoms with E-state index in [2.05, 4.69) is 5.32 Å². The summed E-state index contributed by atoms with van der Waals surface area (Å²) in [6.07, 6.45) is 3.02. The second kappa shape index (κ2) is 7.65. The number of benzene rings is 1. The predicted octanol–water partition coefficient (Wildman–Crippen LogP) is 2.82. The van der Waals surface area contributed by atoms with Gasteiger partial charge in [0.1, 0.15) is 5.00 Å². The third-order valence-corrected chi connectivity index (χ3v) is 4.31. The molecule has 24 heavy (non-hydrogen) atoms. The molecule has 0 spiro atoms. The standard InChI is InChI=1S/C17H18N2O4S/c1-10-9-24-17(15(10)16(18)21)19-14(20)7-5-11-4-6-12(22-2)13(8-11)23-3/h4-9H,1-3H3,(H2,18,21)(H,19,20). The maximum atomic E-state index is 12.0. The quantitative estimate of drug-likeness (QED) is 0.787. The maximum Gasteiger partial charge on any atom is 0.251 e. The summed E-state index contributed by atoms with van der Waals surface area (Å²) in [7, 11) is 3.10. The normalized spacial score (nSPS) is 10.6. The molecule has 1 aromatic carbocycles. The van der Waals surface area contributed by atoms with Crippen LogP contribution in [0.2, 0.25) is 0 Å². The molecule has 0 aliphatic heterocycles. The number of carbonyl (C=O) groups excluding carboxylic acids is 2. The van der Waals surface area contributed by atoms with Crippen molar-refractivity contribution in [3.8, 4) is 11.5 Å². The Morgan fingerprint density at radius 1 is 1.21 bits per heavy atom. The Morgan fingerprint density at radius 2 is 1.92 bits per heavy atom. The molecule has 2 amide bonds. The van der Waals surface area contributed by atoms with Gasteiger partial charge in [-0.2, -0.15) is 0 Å². The third-order valence-electron chi connectivity index (χ3n) is 3.29. The summed E-state index contributed by atoms with van der Waals surface area (Å²) in [5.41, 5.74) is 7.19. The highest BCUT2D eigenvalue weighted by atomic mass is 32.1. The molecule has 126 valence electrons. The number of ether oxygens (including phenoxy) is 2. The number of nitrogens with one attached hydrogen (secondary N) is 1. The molecule has 0 saturated heterocycles. The number of rotatable bonds is 6. The van der Waals surface area contributed by atoms with Crippen molar-refractivity contribution in [3.05, 3.63) is 46.3 Å². The first kappa shape index (κ1) is 17.6. The van der Waals surface area contributed by atoms with Crippen LogP contribution in [-0.2, 0) is 4.79 Å². The molecule has 1 aromatic heterocycles. The average molecular weight is 346 g/mol. The molecular formula is C17H18N2O4S. The van der Waals surface area contributed by atoms with Crippen LogP contribution < -0.4 is 20.5 Å². The molecule has 0 bridgehead atoms. The van der Waals surface area contributed by atoms with Gasteiger partial charge in [-0.05, 0) is 41.6 Å². The largest absolute Gasteiger partial charge is 0.493 e. The number of hydrogen-bond acceptors (Lipinski definition) is 5. The summed E-state index contributed by atoms with van der Waals surface area (Å²) in [6.45, 7) is 1.77. The Balaban J connectivity index is 2.13. The molecule has 0 unspecified atom stereocenters. The minimum absolute atomic E-state index is 0.341. The second-order valence-corrected chi connectivity index (χ2v) is 5.80. The molecule has 0 fully saturated rings. The van der Waals surface area contributed by atoms with Crippen molar-refractivity contribution in [1.29, 1.82) is 0 Å². The van der Waals surface area contributed by atoms with Crippen molar-refractivity contribution in [2.75, 3.05) is 19.5 Å². The second-order valence-electron chi connectivity index (χ2n) is 4.92. The van der Waals surface area contributed by atoms with Crippen LogP contribution in [0.25, 0.3) is 6.08 Å². The van der Waals surface area contributed by atoms with Gasteiger partial charge < -0.3 is 20.5 Å². The first-order valence-electron chi connectivity index (χ1n) is 7.05. The van der Waals surface area contributed by atoms with Crippen molar-refractivity contribution in [2.45, 2.75) is 6.92 Å². The monoisotopic (exact) mass is 346 g/mol. The van der Waals surface area contributed by atoms with Crippen LogP contribution in [0.5, 0.6) is 11.5 Å². The van der Waals surface area contributed by atoms with Gasteiger partial charge in [-0.15, -0.1) is 11.3 Å². The number of nitrogens with two attached hydrogens (primary N) is 1. The SMILES string of the molecule is COc1ccc(C=CC(=O)Nc2scc(C)c2C(N)=O)cc1OC. The fourth-order valence-corrected chi connectivity index (χ4v) is 3.08. The first-order valence-corrected chi connectivity index (χ1v) is 7.93. The molecule has 6 nitrogen and oxygen atoms in total. The smallest absolute Gasteiger partial charge is 0.251 e. The van der Waals surface area contributed by atoms with Gasteiger partial charge in [0.05, 0.1) is 19.8 Å². The molecule has 7 heteroatoms. The van der Waals surface area contributed by atoms with Crippen LogP contribution in [0.4, 0.5) is 5.00 Å². The van der Waals surface area contributed by atoms with Crippen LogP contribution in [0.3, 0.4) is 0 Å². The molecule has 0 saturated carbocycles. The third kappa shape index (κ3) is 3.94. The number of thiophene rings is 1. The van der Waals surface area contributed by atoms with Gasteiger partial charge in [-0.25, -0.2) is 0 Å². The van der Waals surface area contributed by atoms with Crippen molar-refractivity contribution in [1.82, 2.24) is 0 Å². The van der Waals surface area contributed by atoms with E-state index in [0.717, 1.165) is 11.1 Å². The van der Waals surface area contributed by atoms with Crippen LogP contribution in [-0.4, -0.2) is 26.0 Å². The summed E-state index contributed by atoms with van der Waals surface area (Å²) >= 11 is 1.26. The van der Waals surface area contributed by atoms with Gasteiger partial charge in [-0.1, -0.05) is 6.07 Å². The van der Waals surface area contributed by atoms with E-state index in [1.54, 1.807) is 50.8 Å². The van der Waals surface area contributed by atoms with Gasteiger partial charge >= 0.3 is 0 Å². The van der Waals surface area contributed by atoms with Crippen LogP contribution in [0.15, 0.2) is 29.7 Å². The zero-order valence-corrected chi connectivity index (χ0v) is 14.4. The fourth-order valence-electron chi connectivity index (χ4n) is 2.12. The van der Waals surface area contributed by atoms with Crippen molar-refractivity contribution >= 4 is 34.2 Å². The number of aryl methyl sites for hydroxylation is 1. The van der Waals surface area contributed by atoms with E-state index in [-0.39, 0.29) is 5.91 Å². The van der Waals surface area contributed by atoms with Gasteiger partial charge in [0.15, 0.2) is 11.5 Å². The summed E-state index contributed by atoms with van der Waals surface area (Å²) in [5, 5.41) is 4.89. The highest BCUT2D eigenvalue weighted by Gasteiger charge is 2.15. The summed E-state index contributed by atoms with van der Waals surface area (Å²) in [4.78, 5) is 23.5. The Morgan fingerprint density at radius 3 is 2.54 bits per heavy atom. The Kier molecular flexibility index (Phi) is 5.59. The Labute approximate surface area is 143 Å². The molecule has 2 aromatic rings. The zero-order chi connectivity index (χ0) is 17.7. The van der Waals surface area contributed by atoms with Crippen molar-refractivity contribution in [2.24, 2.45) is 5.73 Å². The number of carbonyl (C=O) groups is 2. The van der Waals surface area contributed by atoms with Crippen LogP contribution >= 0.6 is 11.3 Å². The van der Waals surface area contributed by atoms with Crippen LogP contribution in [0.1, 0.15) is 21.5 Å². The molecule has 0 atom stereocenters. The number of anilines is 1. The first-order chi connectivity index (χ1) is 11.5. The predicted molar refractivity (Wildman–Crippen MR) is 94.8 cm³/mol. The summed E-state index contributed by atoms with van der Waals surface area (Å²) in [6, 6.07) is 5.31. The van der Waals surface area contributed by atoms with Gasteiger partial charge in [0.25, 0.3) is 5.91 Å². The van der Waals surface area contributed by atoms with E-state index in [9.17, 15) is 9.59 Å². The molecule has 0 radical (unpaired) electrons. The highest BCUT2D eigenvalue weighted by molar-refractivity contribution is 7.15. The van der Waals surface area contributed by atoms with E-state index >= 15 is 0 Å². The van der Waals surface area contributed by atoms with Crippen molar-refractivity contribution < 1.29 is 19.1 Å². The fraction of sp³-hybridized carbons (Fsp3) is 0.176. The maximum absolute atomic E-state index is 12.0. The van der Waals surface area contributed by atoms with Crippen LogP contribution in [0, 0.1) is 6.92 Å².